The number of hydrogen-bond donors (Lipinski definition) is 0. The fraction of sp³-hybridized carbons (Fsp3) is 0.176. The average Bonchev–Trinajstić information content (AvgIpc) is 2.84. The number of nitrogens with zero attached hydrogens (tertiary/aromatic N) is 3. The highest BCUT2D eigenvalue weighted by Gasteiger charge is 2.12. The second-order valence-electron chi connectivity index (χ2n) is 4.98. The first-order valence-electron chi connectivity index (χ1n) is 6.72. The molecule has 0 aliphatic rings. The molecule has 104 valence electrons. The summed E-state index contributed by atoms with van der Waals surface area (Å²) in [5, 5.41) is 9.40. The van der Waals surface area contributed by atoms with Gasteiger partial charge in [-0.3, -0.25) is 4.40 Å². The molecule has 0 unspecified atom stereocenters. The lowest BCUT2D eigenvalue weighted by Gasteiger charge is -2.02. The van der Waals surface area contributed by atoms with Crippen LogP contribution in [0.25, 0.3) is 5.65 Å². The summed E-state index contributed by atoms with van der Waals surface area (Å²) in [4.78, 5) is 4.59. The summed E-state index contributed by atoms with van der Waals surface area (Å²) in [5.74, 6) is 0.824. The molecule has 0 fully saturated rings. The maximum Gasteiger partial charge on any atom is 0.148 e. The molecule has 0 bridgehead atoms. The monoisotopic (exact) mass is 277 g/mol. The molecule has 3 rings (SSSR count). The molecular formula is C17H15N3O. The minimum absolute atomic E-state index is 0.598. The summed E-state index contributed by atoms with van der Waals surface area (Å²) in [5.41, 5.74) is 4.45. The first kappa shape index (κ1) is 13.2. The zero-order valence-corrected chi connectivity index (χ0v) is 12.0. The quantitative estimate of drug-likeness (QED) is 0.739. The molecule has 21 heavy (non-hydrogen) atoms. The van der Waals surface area contributed by atoms with Gasteiger partial charge in [0.2, 0.25) is 0 Å². The fourth-order valence-electron chi connectivity index (χ4n) is 2.37. The number of ether oxygens (including phenoxy) is 1. The van der Waals surface area contributed by atoms with Crippen LogP contribution in [0, 0.1) is 18.3 Å². The van der Waals surface area contributed by atoms with E-state index in [0.717, 1.165) is 28.2 Å². The Balaban J connectivity index is 2.01. The largest absolute Gasteiger partial charge is 0.497 e. The predicted octanol–water partition coefficient (Wildman–Crippen LogP) is 3.11. The molecule has 0 atom stereocenters. The van der Waals surface area contributed by atoms with E-state index in [1.165, 1.54) is 0 Å². The van der Waals surface area contributed by atoms with Gasteiger partial charge < -0.3 is 4.74 Å². The molecule has 2 heterocycles. The molecule has 4 nitrogen and oxygen atoms in total. The summed E-state index contributed by atoms with van der Waals surface area (Å²) in [6.45, 7) is 2.02. The number of methoxy groups -OCH3 is 1. The maximum atomic E-state index is 9.40. The Hall–Kier alpha value is -2.80. The van der Waals surface area contributed by atoms with Crippen LogP contribution >= 0.6 is 0 Å². The first-order chi connectivity index (χ1) is 10.2. The number of aryl methyl sites for hydroxylation is 1. The van der Waals surface area contributed by atoms with Crippen LogP contribution < -0.4 is 4.74 Å². The summed E-state index contributed by atoms with van der Waals surface area (Å²) >= 11 is 0. The third-order valence-electron chi connectivity index (χ3n) is 3.49. The Kier molecular flexibility index (Phi) is 3.33. The highest BCUT2D eigenvalue weighted by Crippen LogP contribution is 2.18. The van der Waals surface area contributed by atoms with Crippen molar-refractivity contribution in [2.45, 2.75) is 13.3 Å². The lowest BCUT2D eigenvalue weighted by atomic mass is 10.1. The molecule has 0 aliphatic heterocycles. The number of aromatic nitrogens is 2. The predicted molar refractivity (Wildman–Crippen MR) is 80.4 cm³/mol. The molecule has 1 aromatic carbocycles. The van der Waals surface area contributed by atoms with E-state index < -0.39 is 0 Å². The van der Waals surface area contributed by atoms with E-state index in [9.17, 15) is 5.26 Å². The Morgan fingerprint density at radius 3 is 2.67 bits per heavy atom. The van der Waals surface area contributed by atoms with Gasteiger partial charge in [0.05, 0.1) is 12.8 Å². The number of pyridine rings is 1. The fourth-order valence-corrected chi connectivity index (χ4v) is 2.37. The molecule has 3 aromatic rings. The van der Waals surface area contributed by atoms with E-state index >= 15 is 0 Å². The zero-order chi connectivity index (χ0) is 14.8. The van der Waals surface area contributed by atoms with Gasteiger partial charge in [-0.15, -0.1) is 0 Å². The zero-order valence-electron chi connectivity index (χ0n) is 12.0. The van der Waals surface area contributed by atoms with Gasteiger partial charge in [-0.25, -0.2) is 4.98 Å². The third-order valence-corrected chi connectivity index (χ3v) is 3.49. The molecular weight excluding hydrogens is 262 g/mol. The SMILES string of the molecule is COc1ccc(Cc2nc3cc(C)ccn3c2C#N)cc1. The Bertz CT molecular complexity index is 826. The van der Waals surface area contributed by atoms with Crippen molar-refractivity contribution >= 4 is 5.65 Å². The van der Waals surface area contributed by atoms with Crippen LogP contribution in [0.5, 0.6) is 5.75 Å². The van der Waals surface area contributed by atoms with Crippen LogP contribution in [0.1, 0.15) is 22.5 Å². The molecule has 0 saturated heterocycles. The molecule has 4 heteroatoms. The van der Waals surface area contributed by atoms with Crippen LogP contribution in [0.3, 0.4) is 0 Å². The lowest BCUT2D eigenvalue weighted by molar-refractivity contribution is 0.414. The van der Waals surface area contributed by atoms with E-state index in [0.29, 0.717) is 12.1 Å². The summed E-state index contributed by atoms with van der Waals surface area (Å²) in [7, 11) is 1.65. The van der Waals surface area contributed by atoms with Crippen molar-refractivity contribution in [2.24, 2.45) is 0 Å². The van der Waals surface area contributed by atoms with Gasteiger partial charge >= 0.3 is 0 Å². The van der Waals surface area contributed by atoms with Gasteiger partial charge in [0, 0.05) is 12.6 Å². The van der Waals surface area contributed by atoms with Gasteiger partial charge in [0.25, 0.3) is 0 Å². The van der Waals surface area contributed by atoms with Crippen LogP contribution in [0.15, 0.2) is 42.6 Å². The van der Waals surface area contributed by atoms with Gasteiger partial charge in [0.1, 0.15) is 23.2 Å². The summed E-state index contributed by atoms with van der Waals surface area (Å²) in [6.07, 6.45) is 2.53. The van der Waals surface area contributed by atoms with Gasteiger partial charge in [0.15, 0.2) is 0 Å². The highest BCUT2D eigenvalue weighted by molar-refractivity contribution is 5.50. The Morgan fingerprint density at radius 1 is 1.24 bits per heavy atom. The van der Waals surface area contributed by atoms with Crippen molar-refractivity contribution in [3.63, 3.8) is 0 Å². The van der Waals surface area contributed by atoms with Crippen molar-refractivity contribution in [1.29, 1.82) is 5.26 Å². The smallest absolute Gasteiger partial charge is 0.148 e. The number of hydrogen-bond acceptors (Lipinski definition) is 3. The maximum absolute atomic E-state index is 9.40. The lowest BCUT2D eigenvalue weighted by Crippen LogP contribution is -1.94. The van der Waals surface area contributed by atoms with E-state index in [4.69, 9.17) is 4.74 Å². The van der Waals surface area contributed by atoms with Crippen molar-refractivity contribution in [3.8, 4) is 11.8 Å². The summed E-state index contributed by atoms with van der Waals surface area (Å²) in [6, 6.07) is 14.0. The summed E-state index contributed by atoms with van der Waals surface area (Å²) < 4.78 is 6.99. The average molecular weight is 277 g/mol. The van der Waals surface area contributed by atoms with Crippen molar-refractivity contribution < 1.29 is 4.74 Å². The number of nitriles is 1. The van der Waals surface area contributed by atoms with E-state index in [1.807, 2.05) is 53.9 Å². The molecule has 0 saturated carbocycles. The molecule has 0 aliphatic carbocycles. The normalized spacial score (nSPS) is 10.5. The van der Waals surface area contributed by atoms with E-state index in [2.05, 4.69) is 11.1 Å². The van der Waals surface area contributed by atoms with Gasteiger partial charge in [-0.2, -0.15) is 5.26 Å². The van der Waals surface area contributed by atoms with E-state index in [1.54, 1.807) is 7.11 Å². The van der Waals surface area contributed by atoms with Crippen molar-refractivity contribution in [1.82, 2.24) is 9.38 Å². The number of rotatable bonds is 3. The number of imidazole rings is 1. The van der Waals surface area contributed by atoms with E-state index in [-0.39, 0.29) is 0 Å². The molecule has 0 amide bonds. The van der Waals surface area contributed by atoms with Crippen LogP contribution in [0.2, 0.25) is 0 Å². The third kappa shape index (κ3) is 2.46. The minimum atomic E-state index is 0.598. The number of benzene rings is 1. The molecule has 0 radical (unpaired) electrons. The molecule has 0 spiro atoms. The minimum Gasteiger partial charge on any atom is -0.497 e. The second kappa shape index (κ2) is 5.29. The topological polar surface area (TPSA) is 50.3 Å². The van der Waals surface area contributed by atoms with Crippen molar-refractivity contribution in [2.75, 3.05) is 7.11 Å². The van der Waals surface area contributed by atoms with Gasteiger partial charge in [-0.05, 0) is 42.3 Å². The Morgan fingerprint density at radius 2 is 2.00 bits per heavy atom. The number of fused-ring (bicyclic) bond motifs is 1. The first-order valence-corrected chi connectivity index (χ1v) is 6.72. The highest BCUT2D eigenvalue weighted by atomic mass is 16.5. The standard InChI is InChI=1S/C17H15N3O/c1-12-7-8-20-16(11-18)15(19-17(20)9-12)10-13-3-5-14(21-2)6-4-13/h3-9H,10H2,1-2H3. The second-order valence-corrected chi connectivity index (χ2v) is 4.98. The Labute approximate surface area is 123 Å². The molecule has 2 aromatic heterocycles. The van der Waals surface area contributed by atoms with Crippen LogP contribution in [-0.2, 0) is 6.42 Å². The van der Waals surface area contributed by atoms with Crippen molar-refractivity contribution in [3.05, 3.63) is 65.1 Å². The van der Waals surface area contributed by atoms with Crippen LogP contribution in [0.4, 0.5) is 0 Å². The van der Waals surface area contributed by atoms with Gasteiger partial charge in [-0.1, -0.05) is 12.1 Å². The van der Waals surface area contributed by atoms with Crippen LogP contribution in [-0.4, -0.2) is 16.5 Å². The molecule has 0 N–H and O–H groups in total.